The van der Waals surface area contributed by atoms with Crippen LogP contribution in [-0.2, 0) is 0 Å². The number of rotatable bonds is 2. The summed E-state index contributed by atoms with van der Waals surface area (Å²) in [5.41, 5.74) is -0.740. The Bertz CT molecular complexity index is 382. The van der Waals surface area contributed by atoms with Gasteiger partial charge in [0.25, 0.3) is 9.48 Å². The second-order valence-electron chi connectivity index (χ2n) is 2.32. The van der Waals surface area contributed by atoms with E-state index in [4.69, 9.17) is 34.8 Å². The van der Waals surface area contributed by atoms with Crippen molar-refractivity contribution in [2.24, 2.45) is 0 Å². The van der Waals surface area contributed by atoms with Gasteiger partial charge in [0.05, 0.1) is 4.92 Å². The lowest BCUT2D eigenvalue weighted by Crippen LogP contribution is -2.20. The molecule has 1 aromatic rings. The number of nitrogens with zero attached hydrogens (tertiary/aromatic N) is 1. The van der Waals surface area contributed by atoms with Crippen molar-refractivity contribution < 1.29 is 9.72 Å². The predicted molar refractivity (Wildman–Crippen MR) is 52.1 cm³/mol. The summed E-state index contributed by atoms with van der Waals surface area (Å²) >= 11 is 15.9. The summed E-state index contributed by atoms with van der Waals surface area (Å²) in [6, 6.07) is 1.11. The number of nitrogens with one attached hydrogen (secondary N) is 1. The van der Waals surface area contributed by atoms with Crippen LogP contribution < -0.4 is 0 Å². The molecule has 0 aliphatic rings. The summed E-state index contributed by atoms with van der Waals surface area (Å²) < 4.78 is -2.20. The van der Waals surface area contributed by atoms with Crippen molar-refractivity contribution in [1.82, 2.24) is 4.98 Å². The third-order valence-corrected chi connectivity index (χ3v) is 1.92. The molecule has 0 aliphatic heterocycles. The Morgan fingerprint density at radius 3 is 2.50 bits per heavy atom. The molecule has 1 rings (SSSR count). The number of hydrogen-bond acceptors (Lipinski definition) is 3. The van der Waals surface area contributed by atoms with E-state index in [9.17, 15) is 14.9 Å². The Kier molecular flexibility index (Phi) is 3.04. The van der Waals surface area contributed by atoms with Crippen LogP contribution >= 0.6 is 34.8 Å². The molecule has 8 heteroatoms. The van der Waals surface area contributed by atoms with Crippen LogP contribution in [0.1, 0.15) is 10.5 Å². The van der Waals surface area contributed by atoms with E-state index in [2.05, 4.69) is 4.98 Å². The van der Waals surface area contributed by atoms with Gasteiger partial charge in [0.1, 0.15) is 0 Å². The minimum Gasteiger partial charge on any atom is -0.353 e. The molecule has 0 unspecified atom stereocenters. The Labute approximate surface area is 93.1 Å². The predicted octanol–water partition coefficient (Wildman–Crippen LogP) is 2.48. The monoisotopic (exact) mass is 256 g/mol. The summed E-state index contributed by atoms with van der Waals surface area (Å²) in [4.78, 5) is 23.4. The lowest BCUT2D eigenvalue weighted by Gasteiger charge is -2.06. The Morgan fingerprint density at radius 2 is 2.07 bits per heavy atom. The highest BCUT2D eigenvalue weighted by atomic mass is 35.6. The summed E-state index contributed by atoms with van der Waals surface area (Å²) in [5, 5.41) is 10.4. The number of carbonyl (C=O) groups is 1. The van der Waals surface area contributed by atoms with Crippen LogP contribution in [0.5, 0.6) is 0 Å². The molecule has 0 amide bonds. The van der Waals surface area contributed by atoms with Gasteiger partial charge in [-0.15, -0.1) is 0 Å². The number of carbonyl (C=O) groups excluding carboxylic acids is 1. The lowest BCUT2D eigenvalue weighted by molar-refractivity contribution is -0.385. The number of Topliss-reactive ketones (excluding diaryl/α,β-unsaturated/α-hetero) is 1. The molecule has 1 aromatic heterocycles. The topological polar surface area (TPSA) is 76.0 Å². The average Bonchev–Trinajstić information content (AvgIpc) is 2.48. The number of ketones is 1. The molecular weight excluding hydrogens is 254 g/mol. The zero-order valence-corrected chi connectivity index (χ0v) is 8.73. The van der Waals surface area contributed by atoms with Crippen molar-refractivity contribution in [3.8, 4) is 0 Å². The largest absolute Gasteiger partial charge is 0.353 e. The minimum absolute atomic E-state index is 0.324. The van der Waals surface area contributed by atoms with Crippen LogP contribution in [0.25, 0.3) is 0 Å². The molecule has 0 saturated heterocycles. The summed E-state index contributed by atoms with van der Waals surface area (Å²) in [7, 11) is 0. The van der Waals surface area contributed by atoms with Crippen molar-refractivity contribution in [3.63, 3.8) is 0 Å². The van der Waals surface area contributed by atoms with Gasteiger partial charge in [-0.2, -0.15) is 0 Å². The van der Waals surface area contributed by atoms with Crippen molar-refractivity contribution in [1.29, 1.82) is 0 Å². The van der Waals surface area contributed by atoms with Crippen LogP contribution in [0.15, 0.2) is 12.3 Å². The SMILES string of the molecule is O=C(c1[nH]ccc1[N+](=O)[O-])C(Cl)(Cl)Cl. The fraction of sp³-hybridized carbons (Fsp3) is 0.167. The van der Waals surface area contributed by atoms with Crippen molar-refractivity contribution >= 4 is 46.3 Å². The first kappa shape index (κ1) is 11.3. The molecule has 0 bridgehead atoms. The molecule has 5 nitrogen and oxygen atoms in total. The van der Waals surface area contributed by atoms with Crippen LogP contribution in [0.2, 0.25) is 0 Å². The first-order valence-corrected chi connectivity index (χ1v) is 4.40. The van der Waals surface area contributed by atoms with E-state index in [0.717, 1.165) is 6.07 Å². The van der Waals surface area contributed by atoms with E-state index in [1.807, 2.05) is 0 Å². The summed E-state index contributed by atoms with van der Waals surface area (Å²) in [6.45, 7) is 0. The number of nitro groups is 1. The van der Waals surface area contributed by atoms with Crippen LogP contribution in [0.3, 0.4) is 0 Å². The number of H-pyrrole nitrogens is 1. The molecule has 1 N–H and O–H groups in total. The van der Waals surface area contributed by atoms with Gasteiger partial charge in [0, 0.05) is 12.3 Å². The second-order valence-corrected chi connectivity index (χ2v) is 4.60. The molecule has 76 valence electrons. The van der Waals surface area contributed by atoms with Gasteiger partial charge in [0.2, 0.25) is 5.78 Å². The first-order chi connectivity index (χ1) is 6.34. The lowest BCUT2D eigenvalue weighted by atomic mass is 10.3. The maximum atomic E-state index is 11.3. The maximum Gasteiger partial charge on any atom is 0.297 e. The smallest absolute Gasteiger partial charge is 0.297 e. The van der Waals surface area contributed by atoms with Gasteiger partial charge in [-0.1, -0.05) is 34.8 Å². The quantitative estimate of drug-likeness (QED) is 0.383. The van der Waals surface area contributed by atoms with Gasteiger partial charge in [-0.05, 0) is 0 Å². The number of hydrogen-bond donors (Lipinski definition) is 1. The van der Waals surface area contributed by atoms with E-state index in [0.29, 0.717) is 0 Å². The van der Waals surface area contributed by atoms with Gasteiger partial charge in [-0.3, -0.25) is 14.9 Å². The molecule has 0 atom stereocenters. The highest BCUT2D eigenvalue weighted by molar-refractivity contribution is 6.77. The zero-order valence-electron chi connectivity index (χ0n) is 6.46. The number of halogens is 3. The molecule has 0 radical (unpaired) electrons. The van der Waals surface area contributed by atoms with Crippen molar-refractivity contribution in [2.45, 2.75) is 3.79 Å². The number of aromatic nitrogens is 1. The van der Waals surface area contributed by atoms with Crippen LogP contribution in [0, 0.1) is 10.1 Å². The third-order valence-electron chi connectivity index (χ3n) is 1.41. The Hall–Kier alpha value is -0.780. The zero-order chi connectivity index (χ0) is 10.9. The van der Waals surface area contributed by atoms with Gasteiger partial charge >= 0.3 is 0 Å². The molecule has 0 fully saturated rings. The van der Waals surface area contributed by atoms with E-state index in [1.165, 1.54) is 6.20 Å². The summed E-state index contributed by atoms with van der Waals surface area (Å²) in [5.74, 6) is -0.959. The average molecular weight is 257 g/mol. The Morgan fingerprint density at radius 1 is 1.50 bits per heavy atom. The molecule has 0 spiro atoms. The maximum absolute atomic E-state index is 11.3. The van der Waals surface area contributed by atoms with E-state index in [1.54, 1.807) is 0 Å². The van der Waals surface area contributed by atoms with Gasteiger partial charge < -0.3 is 4.98 Å². The van der Waals surface area contributed by atoms with Crippen LogP contribution in [0.4, 0.5) is 5.69 Å². The van der Waals surface area contributed by atoms with E-state index < -0.39 is 20.2 Å². The number of aromatic amines is 1. The van der Waals surface area contributed by atoms with E-state index >= 15 is 0 Å². The molecule has 0 saturated carbocycles. The highest BCUT2D eigenvalue weighted by Crippen LogP contribution is 2.32. The standard InChI is InChI=1S/C6H3Cl3N2O3/c7-6(8,9)5(12)4-3(11(13)14)1-2-10-4/h1-2,10H. The number of alkyl halides is 3. The van der Waals surface area contributed by atoms with Crippen molar-refractivity contribution in [3.05, 3.63) is 28.1 Å². The van der Waals surface area contributed by atoms with Crippen LogP contribution in [-0.4, -0.2) is 19.5 Å². The van der Waals surface area contributed by atoms with Gasteiger partial charge in [-0.25, -0.2) is 0 Å². The molecular formula is C6H3Cl3N2O3. The van der Waals surface area contributed by atoms with E-state index in [-0.39, 0.29) is 5.69 Å². The fourth-order valence-corrected chi connectivity index (χ4v) is 1.12. The molecule has 1 heterocycles. The first-order valence-electron chi connectivity index (χ1n) is 3.27. The Balaban J connectivity index is 3.14. The second kappa shape index (κ2) is 3.76. The fourth-order valence-electron chi connectivity index (χ4n) is 0.837. The normalized spacial score (nSPS) is 11.4. The third kappa shape index (κ3) is 2.17. The molecule has 0 aliphatic carbocycles. The molecule has 0 aromatic carbocycles. The van der Waals surface area contributed by atoms with Crippen molar-refractivity contribution in [2.75, 3.05) is 0 Å². The van der Waals surface area contributed by atoms with Gasteiger partial charge in [0.15, 0.2) is 5.69 Å². The highest BCUT2D eigenvalue weighted by Gasteiger charge is 2.36. The minimum atomic E-state index is -2.20. The summed E-state index contributed by atoms with van der Waals surface area (Å²) in [6.07, 6.45) is 1.22. The molecule has 14 heavy (non-hydrogen) atoms.